The number of amides is 1. The lowest BCUT2D eigenvalue weighted by Gasteiger charge is -2.24. The van der Waals surface area contributed by atoms with Crippen LogP contribution in [0.15, 0.2) is 18.2 Å². The molecule has 104 valence electrons. The average molecular weight is 283 g/mol. The minimum absolute atomic E-state index is 0.104. The molecular weight excluding hydrogens is 266 g/mol. The van der Waals surface area contributed by atoms with Crippen molar-refractivity contribution in [2.45, 2.75) is 33.6 Å². The summed E-state index contributed by atoms with van der Waals surface area (Å²) in [6, 6.07) is 5.23. The minimum Gasteiger partial charge on any atom is -0.550 e. The van der Waals surface area contributed by atoms with Crippen molar-refractivity contribution in [1.29, 1.82) is 0 Å². The van der Waals surface area contributed by atoms with Gasteiger partial charge in [0.2, 0.25) is 5.91 Å². The van der Waals surface area contributed by atoms with Crippen molar-refractivity contribution in [2.75, 3.05) is 5.32 Å². The van der Waals surface area contributed by atoms with Crippen LogP contribution in [0.2, 0.25) is 5.02 Å². The second-order valence-corrected chi connectivity index (χ2v) is 5.81. The topological polar surface area (TPSA) is 69.2 Å². The van der Waals surface area contributed by atoms with E-state index in [1.165, 1.54) is 0 Å². The predicted molar refractivity (Wildman–Crippen MR) is 72.8 cm³/mol. The quantitative estimate of drug-likeness (QED) is 0.899. The number of nitrogens with one attached hydrogen (secondary N) is 1. The Labute approximate surface area is 117 Å². The molecule has 1 aromatic rings. The van der Waals surface area contributed by atoms with Crippen LogP contribution in [0.5, 0.6) is 0 Å². The Balaban J connectivity index is 2.64. The van der Waals surface area contributed by atoms with Crippen LogP contribution in [0.3, 0.4) is 0 Å². The van der Waals surface area contributed by atoms with Gasteiger partial charge >= 0.3 is 0 Å². The molecule has 0 fully saturated rings. The first-order chi connectivity index (χ1) is 8.69. The Morgan fingerprint density at radius 3 is 2.47 bits per heavy atom. The Morgan fingerprint density at radius 2 is 1.95 bits per heavy atom. The van der Waals surface area contributed by atoms with Crippen LogP contribution in [0.4, 0.5) is 5.69 Å². The van der Waals surface area contributed by atoms with Crippen LogP contribution in [0.25, 0.3) is 0 Å². The van der Waals surface area contributed by atoms with Crippen molar-refractivity contribution in [3.05, 3.63) is 28.8 Å². The average Bonchev–Trinajstić information content (AvgIpc) is 2.20. The van der Waals surface area contributed by atoms with E-state index in [-0.39, 0.29) is 18.7 Å². The minimum atomic E-state index is -1.16. The molecule has 19 heavy (non-hydrogen) atoms. The Hall–Kier alpha value is -1.55. The summed E-state index contributed by atoms with van der Waals surface area (Å²) in [4.78, 5) is 22.4. The summed E-state index contributed by atoms with van der Waals surface area (Å²) in [5.74, 6) is -1.40. The maximum absolute atomic E-state index is 11.8. The molecular formula is C14H17ClNO3-. The third-order valence-corrected chi connectivity index (χ3v) is 3.12. The Bertz CT molecular complexity index is 497. The molecule has 0 atom stereocenters. The van der Waals surface area contributed by atoms with E-state index in [0.29, 0.717) is 10.7 Å². The molecule has 0 radical (unpaired) electrons. The van der Waals surface area contributed by atoms with Crippen LogP contribution in [-0.4, -0.2) is 11.9 Å². The van der Waals surface area contributed by atoms with Crippen LogP contribution in [0, 0.1) is 12.3 Å². The number of carboxylic acids is 1. The largest absolute Gasteiger partial charge is 0.550 e. The molecule has 0 saturated carbocycles. The predicted octanol–water partition coefficient (Wildman–Crippen LogP) is 2.14. The molecule has 5 heteroatoms. The van der Waals surface area contributed by atoms with E-state index < -0.39 is 11.4 Å². The van der Waals surface area contributed by atoms with E-state index in [0.717, 1.165) is 5.56 Å². The van der Waals surface area contributed by atoms with Crippen LogP contribution in [0.1, 0.15) is 32.3 Å². The zero-order chi connectivity index (χ0) is 14.6. The molecule has 0 heterocycles. The first-order valence-electron chi connectivity index (χ1n) is 5.95. The second kappa shape index (κ2) is 6.06. The van der Waals surface area contributed by atoms with Gasteiger partial charge in [0.15, 0.2) is 0 Å². The monoisotopic (exact) mass is 282 g/mol. The summed E-state index contributed by atoms with van der Waals surface area (Å²) in [7, 11) is 0. The van der Waals surface area contributed by atoms with Gasteiger partial charge in [-0.25, -0.2) is 0 Å². The molecule has 4 nitrogen and oxygen atoms in total. The number of rotatable bonds is 5. The van der Waals surface area contributed by atoms with E-state index in [2.05, 4.69) is 5.32 Å². The van der Waals surface area contributed by atoms with Gasteiger partial charge in [-0.15, -0.1) is 0 Å². The van der Waals surface area contributed by atoms with Crippen molar-refractivity contribution in [3.63, 3.8) is 0 Å². The molecule has 0 unspecified atom stereocenters. The standard InChI is InChI=1S/C14H18ClNO3/c1-9-4-5-10(6-11(9)15)16-12(17)7-14(2,3)8-13(18)19/h4-6H,7-8H2,1-3H3,(H,16,17)(H,18,19)/p-1. The second-order valence-electron chi connectivity index (χ2n) is 5.40. The molecule has 1 N–H and O–H groups in total. The normalized spacial score (nSPS) is 11.2. The van der Waals surface area contributed by atoms with Crippen LogP contribution in [-0.2, 0) is 9.59 Å². The maximum Gasteiger partial charge on any atom is 0.224 e. The van der Waals surface area contributed by atoms with Gasteiger partial charge in [-0.05, 0) is 36.5 Å². The highest BCUT2D eigenvalue weighted by Crippen LogP contribution is 2.26. The zero-order valence-corrected chi connectivity index (χ0v) is 12.0. The van der Waals surface area contributed by atoms with Crippen molar-refractivity contribution in [3.8, 4) is 0 Å². The number of benzene rings is 1. The smallest absolute Gasteiger partial charge is 0.224 e. The molecule has 0 saturated heterocycles. The summed E-state index contributed by atoms with van der Waals surface area (Å²) in [5.41, 5.74) is 0.888. The fourth-order valence-corrected chi connectivity index (χ4v) is 1.94. The summed E-state index contributed by atoms with van der Waals surface area (Å²) >= 11 is 5.96. The molecule has 0 aliphatic rings. The molecule has 1 rings (SSSR count). The van der Waals surface area contributed by atoms with E-state index >= 15 is 0 Å². The van der Waals surface area contributed by atoms with Gasteiger partial charge < -0.3 is 15.2 Å². The fraction of sp³-hybridized carbons (Fsp3) is 0.429. The molecule has 0 aliphatic carbocycles. The lowest BCUT2D eigenvalue weighted by molar-refractivity contribution is -0.307. The number of aryl methyl sites for hydroxylation is 1. The number of hydrogen-bond donors (Lipinski definition) is 1. The molecule has 1 aromatic carbocycles. The number of halogens is 1. The highest BCUT2D eigenvalue weighted by atomic mass is 35.5. The highest BCUT2D eigenvalue weighted by Gasteiger charge is 2.22. The van der Waals surface area contributed by atoms with Crippen LogP contribution >= 0.6 is 11.6 Å². The number of anilines is 1. The van der Waals surface area contributed by atoms with Crippen molar-refractivity contribution >= 4 is 29.2 Å². The number of carbonyl (C=O) groups is 2. The fourth-order valence-electron chi connectivity index (χ4n) is 1.76. The number of hydrogen-bond acceptors (Lipinski definition) is 3. The van der Waals surface area contributed by atoms with Crippen molar-refractivity contribution in [2.24, 2.45) is 5.41 Å². The molecule has 0 bridgehead atoms. The Morgan fingerprint density at radius 1 is 1.32 bits per heavy atom. The Kier molecular flexibility index (Phi) is 4.95. The SMILES string of the molecule is Cc1ccc(NC(=O)CC(C)(C)CC(=O)[O-])cc1Cl. The van der Waals surface area contributed by atoms with E-state index in [1.54, 1.807) is 26.0 Å². The third kappa shape index (κ3) is 5.30. The number of carboxylic acid groups (broad SMARTS) is 1. The van der Waals surface area contributed by atoms with Gasteiger partial charge in [0.1, 0.15) is 0 Å². The van der Waals surface area contributed by atoms with Gasteiger partial charge in [-0.1, -0.05) is 31.5 Å². The molecule has 0 aromatic heterocycles. The van der Waals surface area contributed by atoms with Crippen molar-refractivity contribution in [1.82, 2.24) is 0 Å². The summed E-state index contributed by atoms with van der Waals surface area (Å²) in [6.45, 7) is 5.30. The van der Waals surface area contributed by atoms with Crippen LogP contribution < -0.4 is 10.4 Å². The number of carbonyl (C=O) groups excluding carboxylic acids is 2. The third-order valence-electron chi connectivity index (χ3n) is 2.72. The van der Waals surface area contributed by atoms with Gasteiger partial charge in [-0.3, -0.25) is 4.79 Å². The lowest BCUT2D eigenvalue weighted by Crippen LogP contribution is -2.31. The van der Waals surface area contributed by atoms with Gasteiger partial charge in [0.05, 0.1) is 0 Å². The first kappa shape index (κ1) is 15.5. The summed E-state index contributed by atoms with van der Waals surface area (Å²) in [5, 5.41) is 13.9. The highest BCUT2D eigenvalue weighted by molar-refractivity contribution is 6.31. The molecule has 0 aliphatic heterocycles. The number of aliphatic carboxylic acids is 1. The summed E-state index contributed by atoms with van der Waals surface area (Å²) in [6.07, 6.45) is -0.0540. The van der Waals surface area contributed by atoms with Gasteiger partial charge in [-0.2, -0.15) is 0 Å². The summed E-state index contributed by atoms with van der Waals surface area (Å²) < 4.78 is 0. The van der Waals surface area contributed by atoms with E-state index in [9.17, 15) is 14.7 Å². The van der Waals surface area contributed by atoms with Gasteiger partial charge in [0.25, 0.3) is 0 Å². The van der Waals surface area contributed by atoms with Gasteiger partial charge in [0, 0.05) is 23.1 Å². The lowest BCUT2D eigenvalue weighted by atomic mass is 9.85. The maximum atomic E-state index is 11.8. The van der Waals surface area contributed by atoms with E-state index in [1.807, 2.05) is 13.0 Å². The molecule has 0 spiro atoms. The van der Waals surface area contributed by atoms with Crippen molar-refractivity contribution < 1.29 is 14.7 Å². The zero-order valence-electron chi connectivity index (χ0n) is 11.2. The molecule has 1 amide bonds. The van der Waals surface area contributed by atoms with E-state index in [4.69, 9.17) is 11.6 Å². The first-order valence-corrected chi connectivity index (χ1v) is 6.33.